The number of nitrogens with zero attached hydrogens (tertiary/aromatic N) is 2. The predicted octanol–water partition coefficient (Wildman–Crippen LogP) is 2.92. The van der Waals surface area contributed by atoms with Crippen LogP contribution in [0.2, 0.25) is 0 Å². The fraction of sp³-hybridized carbons (Fsp3) is 0.368. The van der Waals surface area contributed by atoms with Gasteiger partial charge in [0.2, 0.25) is 5.91 Å². The average Bonchev–Trinajstić information content (AvgIpc) is 3.18. The number of amides is 2. The second-order valence-corrected chi connectivity index (χ2v) is 7.03. The van der Waals surface area contributed by atoms with Crippen molar-refractivity contribution in [3.63, 3.8) is 0 Å². The number of carbonyl (C=O) groups is 2. The maximum Gasteiger partial charge on any atom is 0.264 e. The molecule has 1 aromatic carbocycles. The van der Waals surface area contributed by atoms with Crippen LogP contribution >= 0.6 is 11.3 Å². The second-order valence-electron chi connectivity index (χ2n) is 6.08. The van der Waals surface area contributed by atoms with Gasteiger partial charge in [0.05, 0.1) is 10.9 Å². The first kappa shape index (κ1) is 17.6. The number of rotatable bonds is 5. The molecule has 1 atom stereocenters. The van der Waals surface area contributed by atoms with Crippen LogP contribution in [0.15, 0.2) is 47.8 Å². The quantitative estimate of drug-likeness (QED) is 0.895. The molecule has 2 aromatic rings. The Labute approximate surface area is 152 Å². The maximum absolute atomic E-state index is 12.6. The van der Waals surface area contributed by atoms with Crippen LogP contribution in [0.25, 0.3) is 0 Å². The van der Waals surface area contributed by atoms with E-state index in [1.54, 1.807) is 0 Å². The first-order valence-corrected chi connectivity index (χ1v) is 9.49. The van der Waals surface area contributed by atoms with E-state index in [1.807, 2.05) is 59.7 Å². The van der Waals surface area contributed by atoms with Crippen LogP contribution in [0.4, 0.5) is 5.69 Å². The van der Waals surface area contributed by atoms with Crippen LogP contribution < -0.4 is 5.32 Å². The Balaban J connectivity index is 1.56. The largest absolute Gasteiger partial charge is 0.335 e. The number of benzene rings is 1. The van der Waals surface area contributed by atoms with Crippen LogP contribution in [-0.4, -0.2) is 53.8 Å². The molecule has 5 nitrogen and oxygen atoms in total. The lowest BCUT2D eigenvalue weighted by Crippen LogP contribution is -2.54. The monoisotopic (exact) mass is 357 g/mol. The molecule has 0 radical (unpaired) electrons. The summed E-state index contributed by atoms with van der Waals surface area (Å²) >= 11 is 1.47. The molecule has 2 amide bonds. The minimum Gasteiger partial charge on any atom is -0.335 e. The van der Waals surface area contributed by atoms with Gasteiger partial charge in [-0.2, -0.15) is 0 Å². The molecule has 6 heteroatoms. The van der Waals surface area contributed by atoms with Crippen molar-refractivity contribution >= 4 is 28.8 Å². The normalized spacial score (nSPS) is 16.4. The van der Waals surface area contributed by atoms with Crippen LogP contribution in [0.3, 0.4) is 0 Å². The number of thiophene rings is 1. The minimum atomic E-state index is -0.167. The molecule has 0 bridgehead atoms. The summed E-state index contributed by atoms with van der Waals surface area (Å²) in [7, 11) is 0. The molecule has 25 heavy (non-hydrogen) atoms. The van der Waals surface area contributed by atoms with Crippen molar-refractivity contribution in [2.75, 3.05) is 31.5 Å². The molecule has 1 saturated heterocycles. The molecule has 1 aliphatic heterocycles. The van der Waals surface area contributed by atoms with Crippen LogP contribution in [0.1, 0.15) is 23.0 Å². The van der Waals surface area contributed by atoms with E-state index in [4.69, 9.17) is 0 Å². The molecular weight excluding hydrogens is 334 g/mol. The zero-order chi connectivity index (χ0) is 17.6. The molecule has 1 fully saturated rings. The average molecular weight is 357 g/mol. The number of piperazine rings is 1. The third-order valence-corrected chi connectivity index (χ3v) is 5.36. The van der Waals surface area contributed by atoms with Crippen LogP contribution in [0, 0.1) is 0 Å². The molecule has 0 unspecified atom stereocenters. The SMILES string of the molecule is CC[C@@H](C(=O)Nc1ccccc1)N1CCN(C(=O)c2cccs2)CC1. The second kappa shape index (κ2) is 8.27. The highest BCUT2D eigenvalue weighted by Crippen LogP contribution is 2.17. The smallest absolute Gasteiger partial charge is 0.264 e. The molecule has 2 heterocycles. The zero-order valence-electron chi connectivity index (χ0n) is 14.4. The van der Waals surface area contributed by atoms with Gasteiger partial charge in [0, 0.05) is 31.9 Å². The van der Waals surface area contributed by atoms with Gasteiger partial charge in [-0.25, -0.2) is 0 Å². The first-order valence-electron chi connectivity index (χ1n) is 8.61. The number of hydrogen-bond acceptors (Lipinski definition) is 4. The summed E-state index contributed by atoms with van der Waals surface area (Å²) in [5.74, 6) is 0.114. The lowest BCUT2D eigenvalue weighted by Gasteiger charge is -2.38. The molecule has 1 aromatic heterocycles. The number of nitrogens with one attached hydrogen (secondary N) is 1. The Morgan fingerprint density at radius 1 is 1.08 bits per heavy atom. The minimum absolute atomic E-state index is 0.0201. The summed E-state index contributed by atoms with van der Waals surface area (Å²) in [5.41, 5.74) is 0.817. The van der Waals surface area contributed by atoms with Crippen molar-refractivity contribution in [3.05, 3.63) is 52.7 Å². The standard InChI is InChI=1S/C19H23N3O2S/c1-2-16(18(23)20-15-7-4-3-5-8-15)21-10-12-22(13-11-21)19(24)17-9-6-14-25-17/h3-9,14,16H,2,10-13H2,1H3,(H,20,23)/t16-/m0/s1. The predicted molar refractivity (Wildman–Crippen MR) is 101 cm³/mol. The van der Waals surface area contributed by atoms with Crippen molar-refractivity contribution in [1.82, 2.24) is 9.80 Å². The molecule has 0 aliphatic carbocycles. The molecule has 1 N–H and O–H groups in total. The molecule has 3 rings (SSSR count). The van der Waals surface area contributed by atoms with E-state index in [0.29, 0.717) is 13.1 Å². The number of para-hydroxylation sites is 1. The van der Waals surface area contributed by atoms with Crippen molar-refractivity contribution < 1.29 is 9.59 Å². The number of carbonyl (C=O) groups excluding carboxylic acids is 2. The Morgan fingerprint density at radius 2 is 1.80 bits per heavy atom. The summed E-state index contributed by atoms with van der Waals surface area (Å²) < 4.78 is 0. The lowest BCUT2D eigenvalue weighted by atomic mass is 10.1. The summed E-state index contributed by atoms with van der Waals surface area (Å²) in [5, 5.41) is 4.91. The van der Waals surface area contributed by atoms with E-state index in [0.717, 1.165) is 30.1 Å². The Morgan fingerprint density at radius 3 is 2.40 bits per heavy atom. The van der Waals surface area contributed by atoms with Crippen molar-refractivity contribution in [3.8, 4) is 0 Å². The molecule has 0 saturated carbocycles. The third-order valence-electron chi connectivity index (χ3n) is 4.50. The van der Waals surface area contributed by atoms with Gasteiger partial charge in [0.15, 0.2) is 0 Å². The molecule has 0 spiro atoms. The van der Waals surface area contributed by atoms with Gasteiger partial charge in [-0.1, -0.05) is 31.2 Å². The summed E-state index contributed by atoms with van der Waals surface area (Å²) in [6.45, 7) is 4.78. The van der Waals surface area contributed by atoms with Gasteiger partial charge in [-0.3, -0.25) is 14.5 Å². The zero-order valence-corrected chi connectivity index (χ0v) is 15.2. The Hall–Kier alpha value is -2.18. The number of anilines is 1. The van der Waals surface area contributed by atoms with E-state index >= 15 is 0 Å². The summed E-state index contributed by atoms with van der Waals surface area (Å²) in [6, 6.07) is 13.1. The third kappa shape index (κ3) is 4.27. The highest BCUT2D eigenvalue weighted by Gasteiger charge is 2.29. The maximum atomic E-state index is 12.6. The van der Waals surface area contributed by atoms with Gasteiger partial charge in [0.25, 0.3) is 5.91 Å². The van der Waals surface area contributed by atoms with Crippen molar-refractivity contribution in [2.45, 2.75) is 19.4 Å². The van der Waals surface area contributed by atoms with E-state index in [2.05, 4.69) is 10.2 Å². The van der Waals surface area contributed by atoms with E-state index < -0.39 is 0 Å². The van der Waals surface area contributed by atoms with Gasteiger partial charge < -0.3 is 10.2 Å². The molecule has 132 valence electrons. The van der Waals surface area contributed by atoms with Gasteiger partial charge in [-0.15, -0.1) is 11.3 Å². The summed E-state index contributed by atoms with van der Waals surface area (Å²) in [4.78, 5) is 29.9. The fourth-order valence-corrected chi connectivity index (χ4v) is 3.84. The summed E-state index contributed by atoms with van der Waals surface area (Å²) in [6.07, 6.45) is 0.748. The molecule has 1 aliphatic rings. The van der Waals surface area contributed by atoms with E-state index in [9.17, 15) is 9.59 Å². The topological polar surface area (TPSA) is 52.7 Å². The van der Waals surface area contributed by atoms with Gasteiger partial charge in [-0.05, 0) is 30.0 Å². The van der Waals surface area contributed by atoms with Crippen molar-refractivity contribution in [1.29, 1.82) is 0 Å². The van der Waals surface area contributed by atoms with Crippen LogP contribution in [0.5, 0.6) is 0 Å². The van der Waals surface area contributed by atoms with Crippen molar-refractivity contribution in [2.24, 2.45) is 0 Å². The highest BCUT2D eigenvalue weighted by atomic mass is 32.1. The first-order chi connectivity index (χ1) is 12.2. The van der Waals surface area contributed by atoms with Crippen LogP contribution in [-0.2, 0) is 4.79 Å². The number of hydrogen-bond donors (Lipinski definition) is 1. The lowest BCUT2D eigenvalue weighted by molar-refractivity contribution is -0.122. The van der Waals surface area contributed by atoms with E-state index in [-0.39, 0.29) is 17.9 Å². The molecular formula is C19H23N3O2S. The fourth-order valence-electron chi connectivity index (χ4n) is 3.15. The Kier molecular flexibility index (Phi) is 5.83. The van der Waals surface area contributed by atoms with Gasteiger partial charge >= 0.3 is 0 Å². The van der Waals surface area contributed by atoms with Gasteiger partial charge in [0.1, 0.15) is 0 Å². The highest BCUT2D eigenvalue weighted by molar-refractivity contribution is 7.12. The Bertz CT molecular complexity index is 695. The van der Waals surface area contributed by atoms with E-state index in [1.165, 1.54) is 11.3 Å².